The fraction of sp³-hybridized carbons (Fsp3) is 0.333. The number of nitrogens with zero attached hydrogens (tertiary/aromatic N) is 3. The third kappa shape index (κ3) is 4.01. The molecule has 2 N–H and O–H groups in total. The number of aryl methyl sites for hydroxylation is 1. The summed E-state index contributed by atoms with van der Waals surface area (Å²) in [6.45, 7) is -1.03. The van der Waals surface area contributed by atoms with Crippen LogP contribution in [0.4, 0.5) is 8.78 Å². The van der Waals surface area contributed by atoms with Crippen molar-refractivity contribution in [2.75, 3.05) is 13.6 Å². The SMILES string of the molecule is CNS(=O)(=O)c1cc(C(=O)NC[C@H](C)c2nc3ccccc3n2C(F)F)n(C)c1. The quantitative estimate of drug-likeness (QED) is 0.606. The predicted molar refractivity (Wildman–Crippen MR) is 103 cm³/mol. The Bertz CT molecular complexity index is 1150. The van der Waals surface area contributed by atoms with Gasteiger partial charge in [-0.3, -0.25) is 9.36 Å². The number of hydrogen-bond donors (Lipinski definition) is 2. The molecule has 2 aromatic heterocycles. The van der Waals surface area contributed by atoms with E-state index in [4.69, 9.17) is 0 Å². The second-order valence-corrected chi connectivity index (χ2v) is 8.48. The largest absolute Gasteiger partial charge is 0.350 e. The van der Waals surface area contributed by atoms with E-state index in [1.54, 1.807) is 38.2 Å². The first-order chi connectivity index (χ1) is 13.7. The molecule has 156 valence electrons. The van der Waals surface area contributed by atoms with Gasteiger partial charge in [0.1, 0.15) is 16.4 Å². The third-order valence-corrected chi connectivity index (χ3v) is 6.00. The first kappa shape index (κ1) is 20.9. The minimum absolute atomic E-state index is 0.0415. The third-order valence-electron chi connectivity index (χ3n) is 4.62. The first-order valence-corrected chi connectivity index (χ1v) is 10.3. The molecule has 0 saturated carbocycles. The van der Waals surface area contributed by atoms with Crippen LogP contribution in [0.5, 0.6) is 0 Å². The molecule has 0 saturated heterocycles. The van der Waals surface area contributed by atoms with Gasteiger partial charge in [-0.25, -0.2) is 18.1 Å². The Hall–Kier alpha value is -2.79. The monoisotopic (exact) mass is 425 g/mol. The Morgan fingerprint density at radius 3 is 2.62 bits per heavy atom. The van der Waals surface area contributed by atoms with Crippen molar-refractivity contribution in [3.8, 4) is 0 Å². The van der Waals surface area contributed by atoms with Crippen LogP contribution in [-0.2, 0) is 17.1 Å². The maximum absolute atomic E-state index is 13.6. The summed E-state index contributed by atoms with van der Waals surface area (Å²) in [5, 5.41) is 2.66. The lowest BCUT2D eigenvalue weighted by Crippen LogP contribution is -2.30. The highest BCUT2D eigenvalue weighted by atomic mass is 32.2. The number of carbonyl (C=O) groups excluding carboxylic acids is 1. The molecule has 1 atom stereocenters. The molecule has 0 fully saturated rings. The molecule has 0 spiro atoms. The zero-order valence-electron chi connectivity index (χ0n) is 16.1. The van der Waals surface area contributed by atoms with E-state index in [-0.39, 0.29) is 23.0 Å². The van der Waals surface area contributed by atoms with E-state index in [0.29, 0.717) is 11.0 Å². The minimum atomic E-state index is -3.69. The predicted octanol–water partition coefficient (Wildman–Crippen LogP) is 2.21. The summed E-state index contributed by atoms with van der Waals surface area (Å²) in [6, 6.07) is 7.84. The Morgan fingerprint density at radius 2 is 1.97 bits per heavy atom. The topological polar surface area (TPSA) is 98.0 Å². The molecule has 29 heavy (non-hydrogen) atoms. The van der Waals surface area contributed by atoms with Crippen LogP contribution in [-0.4, -0.2) is 42.0 Å². The smallest absolute Gasteiger partial charge is 0.320 e. The van der Waals surface area contributed by atoms with Crippen LogP contribution in [0, 0.1) is 0 Å². The number of benzene rings is 1. The summed E-state index contributed by atoms with van der Waals surface area (Å²) >= 11 is 0. The molecule has 2 heterocycles. The van der Waals surface area contributed by atoms with E-state index in [2.05, 4.69) is 15.0 Å². The van der Waals surface area contributed by atoms with Crippen LogP contribution in [0.1, 0.15) is 35.7 Å². The molecule has 1 amide bonds. The lowest BCUT2D eigenvalue weighted by Gasteiger charge is -2.15. The van der Waals surface area contributed by atoms with Gasteiger partial charge in [-0.15, -0.1) is 0 Å². The number of nitrogens with one attached hydrogen (secondary N) is 2. The van der Waals surface area contributed by atoms with E-state index >= 15 is 0 Å². The lowest BCUT2D eigenvalue weighted by atomic mass is 10.1. The number of fused-ring (bicyclic) bond motifs is 1. The Labute approximate surface area is 166 Å². The van der Waals surface area contributed by atoms with Gasteiger partial charge in [-0.1, -0.05) is 19.1 Å². The van der Waals surface area contributed by atoms with Crippen molar-refractivity contribution in [2.45, 2.75) is 24.3 Å². The molecule has 3 aromatic rings. The highest BCUT2D eigenvalue weighted by molar-refractivity contribution is 7.89. The zero-order chi connectivity index (χ0) is 21.3. The van der Waals surface area contributed by atoms with Crippen LogP contribution >= 0.6 is 0 Å². The molecule has 11 heteroatoms. The molecule has 0 unspecified atom stereocenters. The molecule has 0 aliphatic rings. The summed E-state index contributed by atoms with van der Waals surface area (Å²) in [4.78, 5) is 16.7. The summed E-state index contributed by atoms with van der Waals surface area (Å²) in [7, 11) is -0.864. The van der Waals surface area contributed by atoms with Gasteiger partial charge in [0.15, 0.2) is 0 Å². The van der Waals surface area contributed by atoms with Gasteiger partial charge in [0.25, 0.3) is 5.91 Å². The van der Waals surface area contributed by atoms with Crippen molar-refractivity contribution in [1.29, 1.82) is 0 Å². The van der Waals surface area contributed by atoms with Crippen LogP contribution < -0.4 is 10.0 Å². The van der Waals surface area contributed by atoms with Gasteiger partial charge in [0, 0.05) is 25.7 Å². The van der Waals surface area contributed by atoms with Crippen LogP contribution in [0.15, 0.2) is 41.4 Å². The van der Waals surface area contributed by atoms with E-state index in [0.717, 1.165) is 4.57 Å². The van der Waals surface area contributed by atoms with E-state index < -0.39 is 28.4 Å². The number of imidazole rings is 1. The van der Waals surface area contributed by atoms with E-state index in [1.807, 2.05) is 0 Å². The fourth-order valence-electron chi connectivity index (χ4n) is 3.07. The number of sulfonamides is 1. The average molecular weight is 425 g/mol. The molecule has 0 aliphatic carbocycles. The van der Waals surface area contributed by atoms with Gasteiger partial charge in [-0.2, -0.15) is 8.78 Å². The number of aromatic nitrogens is 3. The maximum atomic E-state index is 13.6. The highest BCUT2D eigenvalue weighted by Gasteiger charge is 2.23. The van der Waals surface area contributed by atoms with Gasteiger partial charge < -0.3 is 9.88 Å². The molecule has 0 aliphatic heterocycles. The van der Waals surface area contributed by atoms with Crippen molar-refractivity contribution in [2.24, 2.45) is 7.05 Å². The second-order valence-electron chi connectivity index (χ2n) is 6.60. The van der Waals surface area contributed by atoms with Gasteiger partial charge in [-0.05, 0) is 25.2 Å². The van der Waals surface area contributed by atoms with E-state index in [1.165, 1.54) is 23.9 Å². The molecule has 0 radical (unpaired) electrons. The molecule has 0 bridgehead atoms. The standard InChI is InChI=1S/C18H21F2N5O3S/c1-11(16-23-13-6-4-5-7-14(13)25(16)18(19)20)9-22-17(26)15-8-12(10-24(15)3)29(27,28)21-2/h4-8,10-11,18,21H,9H2,1-3H3,(H,22,26)/t11-/m0/s1. The van der Waals surface area contributed by atoms with Crippen LogP contribution in [0.3, 0.4) is 0 Å². The van der Waals surface area contributed by atoms with Crippen molar-refractivity contribution in [1.82, 2.24) is 24.2 Å². The number of halogens is 2. The molecular weight excluding hydrogens is 404 g/mol. The minimum Gasteiger partial charge on any atom is -0.350 e. The summed E-state index contributed by atoms with van der Waals surface area (Å²) in [6.07, 6.45) is 1.32. The van der Waals surface area contributed by atoms with Crippen molar-refractivity contribution in [3.05, 3.63) is 48.0 Å². The lowest BCUT2D eigenvalue weighted by molar-refractivity contribution is 0.0703. The van der Waals surface area contributed by atoms with Crippen molar-refractivity contribution in [3.63, 3.8) is 0 Å². The molecule has 1 aromatic carbocycles. The number of para-hydroxylation sites is 2. The molecular formula is C18H21F2N5O3S. The number of amides is 1. The first-order valence-electron chi connectivity index (χ1n) is 8.78. The number of carbonyl (C=O) groups is 1. The summed E-state index contributed by atoms with van der Waals surface area (Å²) in [5.74, 6) is -0.857. The average Bonchev–Trinajstić information content (AvgIpc) is 3.27. The second kappa shape index (κ2) is 7.91. The Kier molecular flexibility index (Phi) is 5.71. The van der Waals surface area contributed by atoms with Crippen LogP contribution in [0.2, 0.25) is 0 Å². The number of alkyl halides is 2. The molecule has 8 nitrogen and oxygen atoms in total. The normalized spacial score (nSPS) is 13.2. The van der Waals surface area contributed by atoms with Crippen LogP contribution in [0.25, 0.3) is 11.0 Å². The van der Waals surface area contributed by atoms with Gasteiger partial charge >= 0.3 is 6.55 Å². The summed E-state index contributed by atoms with van der Waals surface area (Å²) in [5.41, 5.74) is 0.902. The van der Waals surface area contributed by atoms with E-state index in [9.17, 15) is 22.0 Å². The Morgan fingerprint density at radius 1 is 1.28 bits per heavy atom. The summed E-state index contributed by atoms with van der Waals surface area (Å²) < 4.78 is 55.4. The highest BCUT2D eigenvalue weighted by Crippen LogP contribution is 2.27. The van der Waals surface area contributed by atoms with Crippen molar-refractivity contribution >= 4 is 27.0 Å². The number of hydrogen-bond acceptors (Lipinski definition) is 4. The molecule has 3 rings (SSSR count). The zero-order valence-corrected chi connectivity index (χ0v) is 16.9. The van der Waals surface area contributed by atoms with Gasteiger partial charge in [0.2, 0.25) is 10.0 Å². The van der Waals surface area contributed by atoms with Gasteiger partial charge in [0.05, 0.1) is 11.0 Å². The number of rotatable bonds is 7. The Balaban J connectivity index is 1.80. The fourth-order valence-corrected chi connectivity index (χ4v) is 3.87. The maximum Gasteiger partial charge on any atom is 0.320 e. The van der Waals surface area contributed by atoms with Crippen molar-refractivity contribution < 1.29 is 22.0 Å².